The van der Waals surface area contributed by atoms with Crippen LogP contribution in [-0.4, -0.2) is 21.6 Å². The van der Waals surface area contributed by atoms with Crippen molar-refractivity contribution >= 4 is 23.1 Å². The molecule has 0 saturated heterocycles. The molecule has 0 spiro atoms. The first-order chi connectivity index (χ1) is 8.08. The minimum Gasteiger partial charge on any atom is -0.325 e. The minimum atomic E-state index is 0.0997. The van der Waals surface area contributed by atoms with Crippen LogP contribution in [0.15, 0.2) is 12.1 Å². The molecule has 2 aromatic rings. The van der Waals surface area contributed by atoms with Gasteiger partial charge in [-0.05, 0) is 24.6 Å². The van der Waals surface area contributed by atoms with Gasteiger partial charge in [-0.2, -0.15) is 0 Å². The Morgan fingerprint density at radius 1 is 1.47 bits per heavy atom. The summed E-state index contributed by atoms with van der Waals surface area (Å²) in [6.45, 7) is 3.73. The lowest BCUT2D eigenvalue weighted by Crippen LogP contribution is -2.00. The first-order valence-corrected chi connectivity index (χ1v) is 5.54. The Bertz CT molecular complexity index is 611. The molecule has 0 radical (unpaired) electrons. The van der Waals surface area contributed by atoms with Crippen LogP contribution >= 0.6 is 0 Å². The fraction of sp³-hybridized carbons (Fsp3) is 0.308. The maximum Gasteiger partial charge on any atom is 0.185 e. The molecule has 0 saturated carbocycles. The van der Waals surface area contributed by atoms with Crippen LogP contribution in [0.3, 0.4) is 0 Å². The molecular formula is C13H14N2O2. The molecule has 1 aromatic carbocycles. The SMILES string of the molecule is CCC(=O)c1cc2nc(C=O)n(C)c2cc1C. The van der Waals surface area contributed by atoms with Crippen molar-refractivity contribution in [2.45, 2.75) is 20.3 Å². The highest BCUT2D eigenvalue weighted by Gasteiger charge is 2.13. The third-order valence-corrected chi connectivity index (χ3v) is 2.99. The highest BCUT2D eigenvalue weighted by molar-refractivity contribution is 6.00. The highest BCUT2D eigenvalue weighted by atomic mass is 16.1. The van der Waals surface area contributed by atoms with Gasteiger partial charge in [-0.3, -0.25) is 9.59 Å². The maximum absolute atomic E-state index is 11.7. The molecule has 88 valence electrons. The minimum absolute atomic E-state index is 0.0997. The molecule has 0 aliphatic carbocycles. The normalized spacial score (nSPS) is 10.8. The van der Waals surface area contributed by atoms with E-state index in [4.69, 9.17) is 0 Å². The smallest absolute Gasteiger partial charge is 0.185 e. The van der Waals surface area contributed by atoms with Gasteiger partial charge in [-0.15, -0.1) is 0 Å². The van der Waals surface area contributed by atoms with Crippen LogP contribution in [-0.2, 0) is 7.05 Å². The summed E-state index contributed by atoms with van der Waals surface area (Å²) >= 11 is 0. The predicted molar refractivity (Wildman–Crippen MR) is 65.5 cm³/mol. The van der Waals surface area contributed by atoms with Gasteiger partial charge < -0.3 is 4.57 Å². The average Bonchev–Trinajstić information content (AvgIpc) is 2.64. The van der Waals surface area contributed by atoms with Crippen molar-refractivity contribution in [3.05, 3.63) is 29.1 Å². The molecule has 0 amide bonds. The van der Waals surface area contributed by atoms with Gasteiger partial charge in [0.2, 0.25) is 0 Å². The van der Waals surface area contributed by atoms with Crippen LogP contribution in [0.2, 0.25) is 0 Å². The first-order valence-electron chi connectivity index (χ1n) is 5.54. The number of hydrogen-bond donors (Lipinski definition) is 0. The number of ketones is 1. The maximum atomic E-state index is 11.7. The molecule has 0 N–H and O–H groups in total. The van der Waals surface area contributed by atoms with E-state index in [9.17, 15) is 9.59 Å². The van der Waals surface area contributed by atoms with Crippen molar-refractivity contribution in [2.24, 2.45) is 7.05 Å². The number of aldehydes is 1. The second kappa shape index (κ2) is 4.13. The van der Waals surface area contributed by atoms with Gasteiger partial charge in [0.1, 0.15) is 0 Å². The van der Waals surface area contributed by atoms with Crippen molar-refractivity contribution < 1.29 is 9.59 Å². The van der Waals surface area contributed by atoms with Gasteiger partial charge in [0, 0.05) is 19.0 Å². The molecule has 0 bridgehead atoms. The molecule has 4 heteroatoms. The largest absolute Gasteiger partial charge is 0.325 e. The third kappa shape index (κ3) is 1.75. The summed E-state index contributed by atoms with van der Waals surface area (Å²) in [5.74, 6) is 0.475. The lowest BCUT2D eigenvalue weighted by atomic mass is 10.0. The number of carbonyl (C=O) groups is 2. The van der Waals surface area contributed by atoms with Crippen LogP contribution in [0.25, 0.3) is 11.0 Å². The molecule has 17 heavy (non-hydrogen) atoms. The summed E-state index contributed by atoms with van der Waals surface area (Å²) < 4.78 is 1.73. The second-order valence-electron chi connectivity index (χ2n) is 4.08. The van der Waals surface area contributed by atoms with Crippen molar-refractivity contribution in [3.63, 3.8) is 0 Å². The summed E-state index contributed by atoms with van der Waals surface area (Å²) in [5, 5.41) is 0. The van der Waals surface area contributed by atoms with E-state index in [1.165, 1.54) is 0 Å². The van der Waals surface area contributed by atoms with E-state index in [1.54, 1.807) is 17.7 Å². The number of nitrogens with zero attached hydrogens (tertiary/aromatic N) is 2. The van der Waals surface area contributed by atoms with Gasteiger partial charge in [-0.1, -0.05) is 6.92 Å². The molecule has 0 aliphatic heterocycles. The third-order valence-electron chi connectivity index (χ3n) is 2.99. The summed E-state index contributed by atoms with van der Waals surface area (Å²) in [4.78, 5) is 26.7. The Morgan fingerprint density at radius 3 is 2.76 bits per heavy atom. The van der Waals surface area contributed by atoms with Crippen molar-refractivity contribution in [1.29, 1.82) is 0 Å². The number of hydrogen-bond acceptors (Lipinski definition) is 3. The van der Waals surface area contributed by atoms with E-state index >= 15 is 0 Å². The molecule has 0 fully saturated rings. The average molecular weight is 230 g/mol. The predicted octanol–water partition coefficient (Wildman–Crippen LogP) is 2.29. The molecule has 2 rings (SSSR count). The standard InChI is InChI=1S/C13H14N2O2/c1-4-12(17)9-6-10-11(5-8(9)2)15(3)13(7-16)14-10/h5-7H,4H2,1-3H3. The zero-order valence-electron chi connectivity index (χ0n) is 10.2. The molecule has 0 atom stereocenters. The Labute approximate surface area is 99.3 Å². The van der Waals surface area contributed by atoms with Crippen LogP contribution in [0, 0.1) is 6.92 Å². The Kier molecular flexibility index (Phi) is 2.79. The van der Waals surface area contributed by atoms with Gasteiger partial charge in [0.05, 0.1) is 11.0 Å². The topological polar surface area (TPSA) is 52.0 Å². The number of Topliss-reactive ketones (excluding diaryl/α,β-unsaturated/α-hetero) is 1. The van der Waals surface area contributed by atoms with Gasteiger partial charge in [0.25, 0.3) is 0 Å². The molecule has 0 aliphatic rings. The monoisotopic (exact) mass is 230 g/mol. The number of rotatable bonds is 3. The number of fused-ring (bicyclic) bond motifs is 1. The zero-order chi connectivity index (χ0) is 12.6. The molecule has 1 heterocycles. The molecule has 1 aromatic heterocycles. The van der Waals surface area contributed by atoms with Crippen molar-refractivity contribution in [1.82, 2.24) is 9.55 Å². The van der Waals surface area contributed by atoms with E-state index in [0.717, 1.165) is 17.4 Å². The lowest BCUT2D eigenvalue weighted by molar-refractivity contribution is 0.0987. The zero-order valence-corrected chi connectivity index (χ0v) is 10.2. The van der Waals surface area contributed by atoms with E-state index in [2.05, 4.69) is 4.98 Å². The Hall–Kier alpha value is -1.97. The number of carbonyl (C=O) groups excluding carboxylic acids is 2. The number of aryl methyl sites for hydroxylation is 2. The first kappa shape index (κ1) is 11.5. The Balaban J connectivity index is 2.73. The van der Waals surface area contributed by atoms with Crippen LogP contribution in [0.5, 0.6) is 0 Å². The van der Waals surface area contributed by atoms with E-state index in [-0.39, 0.29) is 5.78 Å². The summed E-state index contributed by atoms with van der Waals surface area (Å²) in [5.41, 5.74) is 3.18. The highest BCUT2D eigenvalue weighted by Crippen LogP contribution is 2.20. The molecule has 4 nitrogen and oxygen atoms in total. The van der Waals surface area contributed by atoms with Crippen LogP contribution in [0.4, 0.5) is 0 Å². The van der Waals surface area contributed by atoms with E-state index in [1.807, 2.05) is 19.9 Å². The number of imidazole rings is 1. The summed E-state index contributed by atoms with van der Waals surface area (Å²) in [6.07, 6.45) is 1.19. The van der Waals surface area contributed by atoms with Gasteiger partial charge in [0.15, 0.2) is 17.9 Å². The van der Waals surface area contributed by atoms with Crippen LogP contribution < -0.4 is 0 Å². The van der Waals surface area contributed by atoms with Crippen molar-refractivity contribution in [3.8, 4) is 0 Å². The van der Waals surface area contributed by atoms with E-state index in [0.29, 0.717) is 23.3 Å². The fourth-order valence-electron chi connectivity index (χ4n) is 1.96. The fourth-order valence-corrected chi connectivity index (χ4v) is 1.96. The summed E-state index contributed by atoms with van der Waals surface area (Å²) in [7, 11) is 1.79. The lowest BCUT2D eigenvalue weighted by Gasteiger charge is -2.04. The van der Waals surface area contributed by atoms with Crippen molar-refractivity contribution in [2.75, 3.05) is 0 Å². The van der Waals surface area contributed by atoms with Crippen LogP contribution in [0.1, 0.15) is 39.9 Å². The second-order valence-corrected chi connectivity index (χ2v) is 4.08. The summed E-state index contributed by atoms with van der Waals surface area (Å²) in [6, 6.07) is 3.67. The molecular weight excluding hydrogens is 216 g/mol. The van der Waals surface area contributed by atoms with Gasteiger partial charge in [-0.25, -0.2) is 4.98 Å². The quantitative estimate of drug-likeness (QED) is 0.600. The van der Waals surface area contributed by atoms with Gasteiger partial charge >= 0.3 is 0 Å². The number of benzene rings is 1. The Morgan fingerprint density at radius 2 is 2.18 bits per heavy atom. The van der Waals surface area contributed by atoms with E-state index < -0.39 is 0 Å². The number of aromatic nitrogens is 2. The molecule has 0 unspecified atom stereocenters.